The Kier molecular flexibility index (Phi) is 5.29. The molecule has 0 aliphatic rings. The summed E-state index contributed by atoms with van der Waals surface area (Å²) in [5.74, 6) is -0.0562. The van der Waals surface area contributed by atoms with E-state index in [0.717, 1.165) is 12.8 Å². The van der Waals surface area contributed by atoms with E-state index in [4.69, 9.17) is 0 Å². The summed E-state index contributed by atoms with van der Waals surface area (Å²) in [7, 11) is 0. The molecular formula is C11H18N4O3. The summed E-state index contributed by atoms with van der Waals surface area (Å²) in [6.45, 7) is 4.66. The van der Waals surface area contributed by atoms with E-state index < -0.39 is 4.92 Å². The lowest BCUT2D eigenvalue weighted by Crippen LogP contribution is -2.25. The molecule has 1 aromatic rings. The van der Waals surface area contributed by atoms with Crippen molar-refractivity contribution in [3.05, 3.63) is 22.0 Å². The lowest BCUT2D eigenvalue weighted by Gasteiger charge is -2.03. The molecule has 100 valence electrons. The summed E-state index contributed by atoms with van der Waals surface area (Å²) < 4.78 is 1.44. The van der Waals surface area contributed by atoms with Crippen LogP contribution < -0.4 is 5.32 Å². The van der Waals surface area contributed by atoms with Gasteiger partial charge in [0.05, 0.1) is 4.92 Å². The zero-order chi connectivity index (χ0) is 13.5. The molecule has 0 aliphatic carbocycles. The molecule has 1 rings (SSSR count). The number of aromatic nitrogens is 2. The fourth-order valence-electron chi connectivity index (χ4n) is 1.51. The van der Waals surface area contributed by atoms with Gasteiger partial charge in [-0.1, -0.05) is 13.3 Å². The first kappa shape index (κ1) is 14.1. The first-order chi connectivity index (χ1) is 8.54. The van der Waals surface area contributed by atoms with E-state index >= 15 is 0 Å². The Bertz CT molecular complexity index is 428. The Morgan fingerprint density at radius 2 is 2.33 bits per heavy atom. The van der Waals surface area contributed by atoms with Gasteiger partial charge in [-0.3, -0.25) is 19.6 Å². The number of nitrogens with zero attached hydrogens (tertiary/aromatic N) is 3. The van der Waals surface area contributed by atoms with E-state index in [2.05, 4.69) is 17.3 Å². The molecule has 18 heavy (non-hydrogen) atoms. The van der Waals surface area contributed by atoms with Gasteiger partial charge >= 0.3 is 5.69 Å². The van der Waals surface area contributed by atoms with E-state index in [1.807, 2.05) is 0 Å². The van der Waals surface area contributed by atoms with Crippen LogP contribution in [0.4, 0.5) is 5.69 Å². The predicted octanol–water partition coefficient (Wildman–Crippen LogP) is 1.41. The van der Waals surface area contributed by atoms with Crippen LogP contribution >= 0.6 is 0 Å². The van der Waals surface area contributed by atoms with Crippen LogP contribution in [0.15, 0.2) is 6.20 Å². The molecule has 0 bridgehead atoms. The lowest BCUT2D eigenvalue weighted by atomic mass is 10.3. The SMILES string of the molecule is CCCCNC(=O)CCn1cc([N+](=O)[O-])c(C)n1. The van der Waals surface area contributed by atoms with E-state index in [9.17, 15) is 14.9 Å². The number of nitro groups is 1. The second-order valence-corrected chi connectivity index (χ2v) is 4.07. The molecule has 0 unspecified atom stereocenters. The first-order valence-electron chi connectivity index (χ1n) is 5.99. The number of carbonyl (C=O) groups excluding carboxylic acids is 1. The minimum absolute atomic E-state index is 0.0126. The van der Waals surface area contributed by atoms with Gasteiger partial charge in [-0.05, 0) is 13.3 Å². The van der Waals surface area contributed by atoms with Gasteiger partial charge in [-0.15, -0.1) is 0 Å². The molecule has 1 aromatic heterocycles. The zero-order valence-corrected chi connectivity index (χ0v) is 10.7. The van der Waals surface area contributed by atoms with Gasteiger partial charge in [0.2, 0.25) is 5.91 Å². The Morgan fingerprint density at radius 1 is 1.61 bits per heavy atom. The summed E-state index contributed by atoms with van der Waals surface area (Å²) in [6.07, 6.45) is 3.62. The van der Waals surface area contributed by atoms with E-state index in [1.54, 1.807) is 6.92 Å². The summed E-state index contributed by atoms with van der Waals surface area (Å²) in [5.41, 5.74) is 0.354. The van der Waals surface area contributed by atoms with Gasteiger partial charge in [0.25, 0.3) is 0 Å². The maximum atomic E-state index is 11.4. The van der Waals surface area contributed by atoms with E-state index in [0.29, 0.717) is 18.8 Å². The van der Waals surface area contributed by atoms with Gasteiger partial charge in [-0.2, -0.15) is 5.10 Å². The van der Waals surface area contributed by atoms with Gasteiger partial charge < -0.3 is 5.32 Å². The van der Waals surface area contributed by atoms with Crippen LogP contribution in [0, 0.1) is 17.0 Å². The topological polar surface area (TPSA) is 90.1 Å². The number of amides is 1. The number of unbranched alkanes of at least 4 members (excludes halogenated alkanes) is 1. The Hall–Kier alpha value is -1.92. The van der Waals surface area contributed by atoms with Gasteiger partial charge in [0, 0.05) is 19.5 Å². The lowest BCUT2D eigenvalue weighted by molar-refractivity contribution is -0.385. The highest BCUT2D eigenvalue weighted by molar-refractivity contribution is 5.75. The highest BCUT2D eigenvalue weighted by Crippen LogP contribution is 2.14. The number of carbonyl (C=O) groups is 1. The first-order valence-corrected chi connectivity index (χ1v) is 5.99. The van der Waals surface area contributed by atoms with Gasteiger partial charge in [0.15, 0.2) is 0 Å². The second kappa shape index (κ2) is 6.73. The fraction of sp³-hybridized carbons (Fsp3) is 0.636. The summed E-state index contributed by atoms with van der Waals surface area (Å²) in [4.78, 5) is 21.6. The molecule has 0 spiro atoms. The third-order valence-electron chi connectivity index (χ3n) is 2.54. The van der Waals surface area contributed by atoms with Crippen LogP contribution in [0.3, 0.4) is 0 Å². The molecule has 0 fully saturated rings. The van der Waals surface area contributed by atoms with Crippen molar-refractivity contribution in [1.82, 2.24) is 15.1 Å². The van der Waals surface area contributed by atoms with Crippen molar-refractivity contribution in [1.29, 1.82) is 0 Å². The Balaban J connectivity index is 2.41. The van der Waals surface area contributed by atoms with Gasteiger partial charge in [-0.25, -0.2) is 0 Å². The van der Waals surface area contributed by atoms with Crippen molar-refractivity contribution < 1.29 is 9.72 Å². The maximum absolute atomic E-state index is 11.4. The third-order valence-corrected chi connectivity index (χ3v) is 2.54. The molecule has 0 atom stereocenters. The minimum Gasteiger partial charge on any atom is -0.356 e. The van der Waals surface area contributed by atoms with Crippen LogP contribution in [0.2, 0.25) is 0 Å². The summed E-state index contributed by atoms with van der Waals surface area (Å²) in [6, 6.07) is 0. The molecule has 1 heterocycles. The van der Waals surface area contributed by atoms with E-state index in [-0.39, 0.29) is 18.0 Å². The van der Waals surface area contributed by atoms with Crippen LogP contribution in [-0.4, -0.2) is 27.2 Å². The van der Waals surface area contributed by atoms with Crippen molar-refractivity contribution in [3.63, 3.8) is 0 Å². The molecule has 0 saturated carbocycles. The average Bonchev–Trinajstić information content (AvgIpc) is 2.68. The second-order valence-electron chi connectivity index (χ2n) is 4.07. The maximum Gasteiger partial charge on any atom is 0.309 e. The van der Waals surface area contributed by atoms with Crippen LogP contribution in [0.25, 0.3) is 0 Å². The standard InChI is InChI=1S/C11H18N4O3/c1-3-4-6-12-11(16)5-7-14-8-10(15(17)18)9(2)13-14/h8H,3-7H2,1-2H3,(H,12,16). The molecular weight excluding hydrogens is 236 g/mol. The number of aryl methyl sites for hydroxylation is 2. The summed E-state index contributed by atoms with van der Waals surface area (Å²) >= 11 is 0. The highest BCUT2D eigenvalue weighted by atomic mass is 16.6. The molecule has 7 nitrogen and oxygen atoms in total. The zero-order valence-electron chi connectivity index (χ0n) is 10.7. The molecule has 7 heteroatoms. The summed E-state index contributed by atoms with van der Waals surface area (Å²) in [5, 5.41) is 17.4. The predicted molar refractivity (Wildman–Crippen MR) is 66.2 cm³/mol. The van der Waals surface area contributed by atoms with E-state index in [1.165, 1.54) is 10.9 Å². The number of rotatable bonds is 7. The van der Waals surface area contributed by atoms with Crippen LogP contribution in [0.1, 0.15) is 31.9 Å². The Morgan fingerprint density at radius 3 is 2.89 bits per heavy atom. The number of hydrogen-bond acceptors (Lipinski definition) is 4. The monoisotopic (exact) mass is 254 g/mol. The molecule has 1 amide bonds. The molecule has 0 aromatic carbocycles. The van der Waals surface area contributed by atoms with Crippen molar-refractivity contribution >= 4 is 11.6 Å². The van der Waals surface area contributed by atoms with Crippen molar-refractivity contribution in [2.24, 2.45) is 0 Å². The van der Waals surface area contributed by atoms with Crippen LogP contribution in [-0.2, 0) is 11.3 Å². The smallest absolute Gasteiger partial charge is 0.309 e. The molecule has 0 radical (unpaired) electrons. The molecule has 1 N–H and O–H groups in total. The Labute approximate surface area is 105 Å². The van der Waals surface area contributed by atoms with Crippen molar-refractivity contribution in [3.8, 4) is 0 Å². The number of nitrogens with one attached hydrogen (secondary N) is 1. The van der Waals surface area contributed by atoms with Gasteiger partial charge in [0.1, 0.15) is 11.9 Å². The molecule has 0 saturated heterocycles. The molecule has 0 aliphatic heterocycles. The fourth-order valence-corrected chi connectivity index (χ4v) is 1.51. The quantitative estimate of drug-likeness (QED) is 0.452. The average molecular weight is 254 g/mol. The largest absolute Gasteiger partial charge is 0.356 e. The van der Waals surface area contributed by atoms with Crippen LogP contribution in [0.5, 0.6) is 0 Å². The highest BCUT2D eigenvalue weighted by Gasteiger charge is 2.15. The third kappa shape index (κ3) is 4.15. The number of hydrogen-bond donors (Lipinski definition) is 1. The minimum atomic E-state index is -0.472. The van der Waals surface area contributed by atoms with Crippen molar-refractivity contribution in [2.45, 2.75) is 39.7 Å². The van der Waals surface area contributed by atoms with Crippen molar-refractivity contribution in [2.75, 3.05) is 6.54 Å². The normalized spacial score (nSPS) is 10.3.